The van der Waals surface area contributed by atoms with E-state index in [0.29, 0.717) is 30.8 Å². The van der Waals surface area contributed by atoms with E-state index in [-0.39, 0.29) is 52.1 Å². The summed E-state index contributed by atoms with van der Waals surface area (Å²) in [5, 5.41) is 5.37. The van der Waals surface area contributed by atoms with Gasteiger partial charge in [0.25, 0.3) is 0 Å². The van der Waals surface area contributed by atoms with Crippen molar-refractivity contribution in [3.8, 4) is 0 Å². The van der Waals surface area contributed by atoms with Crippen LogP contribution < -0.4 is 10.6 Å². The Bertz CT molecular complexity index is 847. The second-order valence-electron chi connectivity index (χ2n) is 13.5. The van der Waals surface area contributed by atoms with Gasteiger partial charge in [-0.2, -0.15) is 0 Å². The van der Waals surface area contributed by atoms with Crippen molar-refractivity contribution < 1.29 is 52.4 Å². The number of carbonyl (C=O) groups is 5. The molecule has 0 radical (unpaired) electrons. The molecule has 14 heteroatoms. The van der Waals surface area contributed by atoms with E-state index in [9.17, 15) is 24.0 Å². The molecule has 0 aromatic carbocycles. The van der Waals surface area contributed by atoms with Gasteiger partial charge in [-0.25, -0.2) is 0 Å². The topological polar surface area (TPSA) is 165 Å². The zero-order valence-corrected chi connectivity index (χ0v) is 30.0. The van der Waals surface area contributed by atoms with Gasteiger partial charge >= 0.3 is 17.9 Å². The van der Waals surface area contributed by atoms with Crippen LogP contribution >= 0.6 is 22.6 Å². The van der Waals surface area contributed by atoms with E-state index in [1.807, 2.05) is 22.6 Å². The molecule has 0 aliphatic heterocycles. The first kappa shape index (κ1) is 42.0. The van der Waals surface area contributed by atoms with Crippen LogP contribution in [0.4, 0.5) is 0 Å². The average Bonchev–Trinajstić information content (AvgIpc) is 2.92. The standard InChI is InChI=1S/C30H53IN2O11/c1-27(2,3)24(36)42-19-30(20-43-25(37)28(4,5)6,21-44-26(38)29(7,8)9)18-41-17-23(35)33-11-13-40-15-14-39-12-10-32-22(34)16-31/h10-21H2,1-9H3,(H,32,34)(H,33,35). The van der Waals surface area contributed by atoms with Crippen molar-refractivity contribution in [2.75, 3.05) is 77.0 Å². The molecule has 0 saturated carbocycles. The number of amides is 2. The summed E-state index contributed by atoms with van der Waals surface area (Å²) >= 11 is 1.98. The fourth-order valence-corrected chi connectivity index (χ4v) is 3.13. The maximum atomic E-state index is 12.6. The van der Waals surface area contributed by atoms with Crippen molar-refractivity contribution in [2.45, 2.75) is 62.3 Å². The number of ether oxygens (including phenoxy) is 6. The molecule has 44 heavy (non-hydrogen) atoms. The summed E-state index contributed by atoms with van der Waals surface area (Å²) in [6, 6.07) is 0. The SMILES string of the molecule is CC(C)(C)C(=O)OCC(COCC(=O)NCCOCCOCCNC(=O)CI)(COC(=O)C(C)(C)C)COC(=O)C(C)(C)C. The highest BCUT2D eigenvalue weighted by molar-refractivity contribution is 14.1. The summed E-state index contributed by atoms with van der Waals surface area (Å²) in [5.41, 5.74) is -3.70. The average molecular weight is 745 g/mol. The number of carbonyl (C=O) groups excluding carboxylic acids is 5. The number of hydrogen-bond donors (Lipinski definition) is 2. The maximum absolute atomic E-state index is 12.6. The van der Waals surface area contributed by atoms with Crippen LogP contribution in [-0.2, 0) is 52.4 Å². The van der Waals surface area contributed by atoms with Gasteiger partial charge < -0.3 is 39.1 Å². The summed E-state index contributed by atoms with van der Waals surface area (Å²) in [6.45, 7) is 15.8. The molecule has 0 unspecified atom stereocenters. The number of esters is 3. The first-order valence-electron chi connectivity index (χ1n) is 14.6. The summed E-state index contributed by atoms with van der Waals surface area (Å²) in [7, 11) is 0. The second-order valence-corrected chi connectivity index (χ2v) is 14.3. The zero-order valence-electron chi connectivity index (χ0n) is 27.9. The lowest BCUT2D eigenvalue weighted by atomic mass is 9.90. The predicted octanol–water partition coefficient (Wildman–Crippen LogP) is 2.46. The number of alkyl halides is 1. The van der Waals surface area contributed by atoms with Crippen LogP contribution in [0.1, 0.15) is 62.3 Å². The number of nitrogens with one attached hydrogen (secondary N) is 2. The lowest BCUT2D eigenvalue weighted by Crippen LogP contribution is -2.46. The Kier molecular flexibility index (Phi) is 19.2. The molecule has 0 aliphatic carbocycles. The molecule has 256 valence electrons. The minimum absolute atomic E-state index is 0.0484. The molecule has 0 rings (SSSR count). The van der Waals surface area contributed by atoms with E-state index < -0.39 is 45.5 Å². The van der Waals surface area contributed by atoms with Gasteiger partial charge in [-0.05, 0) is 62.3 Å². The van der Waals surface area contributed by atoms with Crippen molar-refractivity contribution in [3.05, 3.63) is 0 Å². The normalized spacial score (nSPS) is 12.3. The van der Waals surface area contributed by atoms with Crippen molar-refractivity contribution in [2.24, 2.45) is 21.7 Å². The van der Waals surface area contributed by atoms with Crippen molar-refractivity contribution in [1.82, 2.24) is 10.6 Å². The van der Waals surface area contributed by atoms with Crippen molar-refractivity contribution in [3.63, 3.8) is 0 Å². The fraction of sp³-hybridized carbons (Fsp3) is 0.833. The molecule has 0 spiro atoms. The van der Waals surface area contributed by atoms with Crippen molar-refractivity contribution in [1.29, 1.82) is 0 Å². The van der Waals surface area contributed by atoms with E-state index in [1.54, 1.807) is 62.3 Å². The summed E-state index contributed by atoms with van der Waals surface area (Å²) < 4.78 is 33.6. The number of rotatable bonds is 20. The fourth-order valence-electron chi connectivity index (χ4n) is 2.86. The van der Waals surface area contributed by atoms with Gasteiger partial charge in [0.2, 0.25) is 11.8 Å². The predicted molar refractivity (Wildman–Crippen MR) is 171 cm³/mol. The molecule has 2 N–H and O–H groups in total. The van der Waals surface area contributed by atoms with E-state index >= 15 is 0 Å². The molecule has 0 atom stereocenters. The van der Waals surface area contributed by atoms with Crippen LogP contribution in [0.5, 0.6) is 0 Å². The molecule has 13 nitrogen and oxygen atoms in total. The van der Waals surface area contributed by atoms with Crippen LogP contribution in [0.15, 0.2) is 0 Å². The van der Waals surface area contributed by atoms with Gasteiger partial charge in [-0.1, -0.05) is 22.6 Å². The quantitative estimate of drug-likeness (QED) is 0.0619. The van der Waals surface area contributed by atoms with Gasteiger partial charge in [0.1, 0.15) is 26.4 Å². The first-order valence-corrected chi connectivity index (χ1v) is 16.1. The lowest BCUT2D eigenvalue weighted by Gasteiger charge is -2.34. The Balaban J connectivity index is 5.12. The monoisotopic (exact) mass is 744 g/mol. The first-order chi connectivity index (χ1) is 20.2. The van der Waals surface area contributed by atoms with Gasteiger partial charge in [-0.3, -0.25) is 24.0 Å². The third-order valence-electron chi connectivity index (χ3n) is 5.64. The smallest absolute Gasteiger partial charge is 0.311 e. The molecule has 0 fully saturated rings. The molecular weight excluding hydrogens is 691 g/mol. The number of hydrogen-bond acceptors (Lipinski definition) is 11. The Morgan fingerprint density at radius 2 is 0.886 bits per heavy atom. The largest absolute Gasteiger partial charge is 0.464 e. The molecule has 0 saturated heterocycles. The Hall–Kier alpha value is -2.04. The highest BCUT2D eigenvalue weighted by Crippen LogP contribution is 2.27. The van der Waals surface area contributed by atoms with E-state index in [2.05, 4.69) is 10.6 Å². The van der Waals surface area contributed by atoms with Gasteiger partial charge in [0.05, 0.1) is 59.1 Å². The second kappa shape index (κ2) is 20.2. The van der Waals surface area contributed by atoms with E-state index in [0.717, 1.165) is 0 Å². The zero-order chi connectivity index (χ0) is 34.0. The molecule has 2 amide bonds. The lowest BCUT2D eigenvalue weighted by molar-refractivity contribution is -0.177. The third-order valence-corrected chi connectivity index (χ3v) is 6.33. The summed E-state index contributed by atoms with van der Waals surface area (Å²) in [4.78, 5) is 61.4. The molecule has 0 bridgehead atoms. The Morgan fingerprint density at radius 3 is 1.23 bits per heavy atom. The summed E-state index contributed by atoms with van der Waals surface area (Å²) in [6.07, 6.45) is 0. The summed E-state index contributed by atoms with van der Waals surface area (Å²) in [5.74, 6) is -1.98. The van der Waals surface area contributed by atoms with Crippen LogP contribution in [0.25, 0.3) is 0 Å². The number of halogens is 1. The third kappa shape index (κ3) is 19.4. The molecule has 0 aromatic heterocycles. The van der Waals surface area contributed by atoms with Crippen LogP contribution in [-0.4, -0.2) is 107 Å². The molecule has 0 aliphatic rings. The van der Waals surface area contributed by atoms with Crippen LogP contribution in [0, 0.1) is 21.7 Å². The maximum Gasteiger partial charge on any atom is 0.311 e. The Labute approximate surface area is 275 Å². The minimum atomic E-state index is -1.27. The van der Waals surface area contributed by atoms with E-state index in [1.165, 1.54) is 0 Å². The van der Waals surface area contributed by atoms with Gasteiger partial charge in [0.15, 0.2) is 0 Å². The highest BCUT2D eigenvalue weighted by atomic mass is 127. The minimum Gasteiger partial charge on any atom is -0.464 e. The molecular formula is C30H53IN2O11. The van der Waals surface area contributed by atoms with Gasteiger partial charge in [-0.15, -0.1) is 0 Å². The van der Waals surface area contributed by atoms with Crippen LogP contribution in [0.2, 0.25) is 0 Å². The molecule has 0 heterocycles. The van der Waals surface area contributed by atoms with Gasteiger partial charge in [0, 0.05) is 13.1 Å². The Morgan fingerprint density at radius 1 is 0.523 bits per heavy atom. The highest BCUT2D eigenvalue weighted by Gasteiger charge is 2.40. The van der Waals surface area contributed by atoms with Crippen molar-refractivity contribution >= 4 is 52.3 Å². The van der Waals surface area contributed by atoms with Crippen LogP contribution in [0.3, 0.4) is 0 Å². The van der Waals surface area contributed by atoms with E-state index in [4.69, 9.17) is 28.4 Å². The molecule has 0 aromatic rings.